The second-order valence-corrected chi connectivity index (χ2v) is 5.75. The highest BCUT2D eigenvalue weighted by atomic mass is 16.5. The zero-order chi connectivity index (χ0) is 15.9. The lowest BCUT2D eigenvalue weighted by atomic mass is 9.82. The zero-order valence-electron chi connectivity index (χ0n) is 13.0. The Kier molecular flexibility index (Phi) is 3.64. The van der Waals surface area contributed by atoms with E-state index < -0.39 is 0 Å². The fraction of sp³-hybridized carbons (Fsp3) is 0.412. The Hall–Kier alpha value is -2.30. The topological polar surface area (TPSA) is 55.8 Å². The van der Waals surface area contributed by atoms with Crippen LogP contribution in [0.3, 0.4) is 0 Å². The van der Waals surface area contributed by atoms with Crippen LogP contribution in [-0.2, 0) is 9.59 Å². The maximum atomic E-state index is 12.7. The molecule has 2 atom stereocenters. The fourth-order valence-electron chi connectivity index (χ4n) is 3.25. The van der Waals surface area contributed by atoms with Gasteiger partial charge in [0.1, 0.15) is 11.5 Å². The van der Waals surface area contributed by atoms with Gasteiger partial charge in [-0.25, -0.2) is 4.90 Å². The van der Waals surface area contributed by atoms with Gasteiger partial charge in [-0.15, -0.1) is 0 Å². The van der Waals surface area contributed by atoms with E-state index in [0.717, 1.165) is 0 Å². The number of nitrogens with zero attached hydrogens (tertiary/aromatic N) is 1. The van der Waals surface area contributed by atoms with Gasteiger partial charge in [-0.05, 0) is 31.9 Å². The number of ether oxygens (including phenoxy) is 2. The lowest BCUT2D eigenvalue weighted by Gasteiger charge is -2.19. The first-order valence-corrected chi connectivity index (χ1v) is 7.32. The molecule has 1 aromatic rings. The summed E-state index contributed by atoms with van der Waals surface area (Å²) in [6, 6.07) is 5.12. The fourth-order valence-corrected chi connectivity index (χ4v) is 3.25. The first kappa shape index (κ1) is 14.6. The molecule has 116 valence electrons. The van der Waals surface area contributed by atoms with E-state index in [2.05, 4.69) is 6.08 Å². The second-order valence-electron chi connectivity index (χ2n) is 5.75. The summed E-state index contributed by atoms with van der Waals surface area (Å²) in [6.07, 6.45) is 3.33. The molecule has 2 aliphatic rings. The minimum absolute atomic E-state index is 0.144. The Balaban J connectivity index is 2.03. The van der Waals surface area contributed by atoms with Crippen molar-refractivity contribution >= 4 is 17.5 Å². The predicted molar refractivity (Wildman–Crippen MR) is 82.0 cm³/mol. The molecule has 5 heteroatoms. The predicted octanol–water partition coefficient (Wildman–Crippen LogP) is 2.55. The molecule has 5 nitrogen and oxygen atoms in total. The Morgan fingerprint density at radius 1 is 1.09 bits per heavy atom. The van der Waals surface area contributed by atoms with Gasteiger partial charge in [0.15, 0.2) is 0 Å². The lowest BCUT2D eigenvalue weighted by Crippen LogP contribution is -2.31. The molecule has 0 N–H and O–H groups in total. The van der Waals surface area contributed by atoms with E-state index in [-0.39, 0.29) is 23.7 Å². The number of allylic oxidation sites excluding steroid dienone is 2. The first-order chi connectivity index (χ1) is 10.6. The molecule has 0 aromatic heterocycles. The monoisotopic (exact) mass is 301 g/mol. The smallest absolute Gasteiger partial charge is 0.238 e. The third kappa shape index (κ3) is 2.17. The molecule has 22 heavy (non-hydrogen) atoms. The van der Waals surface area contributed by atoms with Crippen LogP contribution in [0.15, 0.2) is 29.8 Å². The molecule has 1 saturated heterocycles. The van der Waals surface area contributed by atoms with Gasteiger partial charge in [0.05, 0.1) is 31.7 Å². The van der Waals surface area contributed by atoms with Gasteiger partial charge in [0.25, 0.3) is 0 Å². The average Bonchev–Trinajstić information content (AvgIpc) is 2.77. The Morgan fingerprint density at radius 3 is 2.50 bits per heavy atom. The summed E-state index contributed by atoms with van der Waals surface area (Å²) in [5.74, 6) is 0.270. The molecule has 1 fully saturated rings. The first-order valence-electron chi connectivity index (χ1n) is 7.32. The summed E-state index contributed by atoms with van der Waals surface area (Å²) in [4.78, 5) is 26.7. The van der Waals surface area contributed by atoms with Crippen LogP contribution in [0.1, 0.15) is 19.8 Å². The number of amides is 2. The molecule has 0 spiro atoms. The van der Waals surface area contributed by atoms with Crippen LogP contribution in [0, 0.1) is 11.8 Å². The van der Waals surface area contributed by atoms with Crippen LogP contribution in [0.4, 0.5) is 5.69 Å². The van der Waals surface area contributed by atoms with Crippen molar-refractivity contribution in [2.75, 3.05) is 19.1 Å². The molecule has 0 saturated carbocycles. The van der Waals surface area contributed by atoms with E-state index in [1.807, 2.05) is 6.92 Å². The van der Waals surface area contributed by atoms with Crippen LogP contribution >= 0.6 is 0 Å². The Bertz CT molecular complexity index is 665. The number of imide groups is 1. The van der Waals surface area contributed by atoms with Crippen molar-refractivity contribution in [2.45, 2.75) is 19.8 Å². The molecule has 2 amide bonds. The summed E-state index contributed by atoms with van der Waals surface area (Å²) in [5.41, 5.74) is 1.63. The molecular weight excluding hydrogens is 282 g/mol. The Morgan fingerprint density at radius 2 is 1.82 bits per heavy atom. The van der Waals surface area contributed by atoms with E-state index in [9.17, 15) is 9.59 Å². The van der Waals surface area contributed by atoms with Gasteiger partial charge in [0.2, 0.25) is 11.8 Å². The number of carbonyl (C=O) groups is 2. The van der Waals surface area contributed by atoms with Gasteiger partial charge in [-0.1, -0.05) is 11.6 Å². The van der Waals surface area contributed by atoms with Crippen molar-refractivity contribution in [1.29, 1.82) is 0 Å². The number of anilines is 1. The van der Waals surface area contributed by atoms with E-state index in [0.29, 0.717) is 30.0 Å². The highest BCUT2D eigenvalue weighted by Crippen LogP contribution is 2.43. The van der Waals surface area contributed by atoms with Crippen LogP contribution in [-0.4, -0.2) is 26.0 Å². The third-order valence-electron chi connectivity index (χ3n) is 4.45. The highest BCUT2D eigenvalue weighted by Gasteiger charge is 2.49. The van der Waals surface area contributed by atoms with Gasteiger partial charge in [-0.2, -0.15) is 0 Å². The molecule has 1 aliphatic heterocycles. The number of methoxy groups -OCH3 is 2. The molecule has 1 heterocycles. The summed E-state index contributed by atoms with van der Waals surface area (Å²) < 4.78 is 10.5. The molecule has 1 aliphatic carbocycles. The van der Waals surface area contributed by atoms with Crippen LogP contribution in [0.5, 0.6) is 11.5 Å². The van der Waals surface area contributed by atoms with Crippen LogP contribution in [0.2, 0.25) is 0 Å². The van der Waals surface area contributed by atoms with Crippen LogP contribution < -0.4 is 14.4 Å². The highest BCUT2D eigenvalue weighted by molar-refractivity contribution is 6.23. The maximum absolute atomic E-state index is 12.7. The quantitative estimate of drug-likeness (QED) is 0.636. The zero-order valence-corrected chi connectivity index (χ0v) is 13.0. The van der Waals surface area contributed by atoms with Crippen molar-refractivity contribution in [1.82, 2.24) is 0 Å². The number of rotatable bonds is 3. The number of carbonyl (C=O) groups excluding carboxylic acids is 2. The second kappa shape index (κ2) is 5.48. The van der Waals surface area contributed by atoms with Gasteiger partial charge in [-0.3, -0.25) is 9.59 Å². The number of hydrogen-bond donors (Lipinski definition) is 0. The standard InChI is InChI=1S/C17H19NO4/c1-10-4-6-12-13(8-10)17(20)18(16(12)19)14-9-11(21-2)5-7-15(14)22-3/h4-5,7,9,12-13H,6,8H2,1-3H3. The van der Waals surface area contributed by atoms with E-state index in [4.69, 9.17) is 9.47 Å². The van der Waals surface area contributed by atoms with Crippen molar-refractivity contribution in [3.8, 4) is 11.5 Å². The summed E-state index contributed by atoms with van der Waals surface area (Å²) in [6.45, 7) is 2.00. The molecular formula is C17H19NO4. The van der Waals surface area contributed by atoms with E-state index >= 15 is 0 Å². The van der Waals surface area contributed by atoms with Gasteiger partial charge >= 0.3 is 0 Å². The van der Waals surface area contributed by atoms with Gasteiger partial charge in [0, 0.05) is 6.07 Å². The summed E-state index contributed by atoms with van der Waals surface area (Å²) >= 11 is 0. The average molecular weight is 301 g/mol. The summed E-state index contributed by atoms with van der Waals surface area (Å²) in [5, 5.41) is 0. The van der Waals surface area contributed by atoms with Crippen molar-refractivity contribution in [3.63, 3.8) is 0 Å². The van der Waals surface area contributed by atoms with Crippen molar-refractivity contribution in [3.05, 3.63) is 29.8 Å². The van der Waals surface area contributed by atoms with Crippen LogP contribution in [0.25, 0.3) is 0 Å². The molecule has 0 radical (unpaired) electrons. The third-order valence-corrected chi connectivity index (χ3v) is 4.45. The minimum Gasteiger partial charge on any atom is -0.497 e. The van der Waals surface area contributed by atoms with E-state index in [1.165, 1.54) is 17.6 Å². The van der Waals surface area contributed by atoms with Crippen molar-refractivity contribution in [2.24, 2.45) is 11.8 Å². The Labute approximate surface area is 129 Å². The normalized spacial score (nSPS) is 24.1. The number of hydrogen-bond acceptors (Lipinski definition) is 4. The number of fused-ring (bicyclic) bond motifs is 1. The molecule has 3 rings (SSSR count). The molecule has 2 unspecified atom stereocenters. The van der Waals surface area contributed by atoms with E-state index in [1.54, 1.807) is 25.3 Å². The SMILES string of the molecule is COc1ccc(OC)c(N2C(=O)C3CC=C(C)CC3C2=O)c1. The maximum Gasteiger partial charge on any atom is 0.238 e. The largest absolute Gasteiger partial charge is 0.497 e. The summed E-state index contributed by atoms with van der Waals surface area (Å²) in [7, 11) is 3.07. The molecule has 1 aromatic carbocycles. The van der Waals surface area contributed by atoms with Gasteiger partial charge < -0.3 is 9.47 Å². The minimum atomic E-state index is -0.257. The lowest BCUT2D eigenvalue weighted by molar-refractivity contribution is -0.122. The van der Waals surface area contributed by atoms with Crippen molar-refractivity contribution < 1.29 is 19.1 Å². The molecule has 0 bridgehead atoms. The number of benzene rings is 1.